The largest absolute Gasteiger partial charge is 0.494 e. The van der Waals surface area contributed by atoms with Crippen LogP contribution in [0.2, 0.25) is 15.1 Å². The standard InChI is InChI=1S/C26H28Cl3N5O5S2/c1-33(41(37,38)10-9-34-7-3-4-8-34)14-16-15-40-24(22(16)29)26(36)32-23-19(11-18(28)12-20(23)39-2)25(35)31-21-6-5-17(27)13-30-21/h5-6,11-13,15H,3-4,7-10,14H2,1-2H3,(H,32,36)(H,30,31,35). The summed E-state index contributed by atoms with van der Waals surface area (Å²) in [4.78, 5) is 32.8. The van der Waals surface area contributed by atoms with E-state index in [0.29, 0.717) is 17.1 Å². The lowest BCUT2D eigenvalue weighted by molar-refractivity contribution is 0.102. The van der Waals surface area contributed by atoms with Gasteiger partial charge in [0.15, 0.2) is 0 Å². The van der Waals surface area contributed by atoms with E-state index in [2.05, 4.69) is 20.5 Å². The highest BCUT2D eigenvalue weighted by Gasteiger charge is 2.26. The number of hydrogen-bond donors (Lipinski definition) is 2. The molecule has 1 fully saturated rings. The van der Waals surface area contributed by atoms with Gasteiger partial charge in [0.25, 0.3) is 11.8 Å². The van der Waals surface area contributed by atoms with Gasteiger partial charge in [-0.05, 0) is 55.1 Å². The van der Waals surface area contributed by atoms with E-state index in [4.69, 9.17) is 39.5 Å². The molecule has 0 bridgehead atoms. The Morgan fingerprint density at radius 1 is 1.10 bits per heavy atom. The van der Waals surface area contributed by atoms with Gasteiger partial charge in [0.2, 0.25) is 10.0 Å². The van der Waals surface area contributed by atoms with E-state index in [1.165, 1.54) is 42.9 Å². The minimum Gasteiger partial charge on any atom is -0.494 e. The number of carbonyl (C=O) groups excluding carboxylic acids is 2. The molecule has 0 aliphatic carbocycles. The second-order valence-electron chi connectivity index (χ2n) is 9.33. The lowest BCUT2D eigenvalue weighted by Crippen LogP contribution is -2.34. The van der Waals surface area contributed by atoms with Gasteiger partial charge in [-0.25, -0.2) is 17.7 Å². The molecule has 10 nitrogen and oxygen atoms in total. The van der Waals surface area contributed by atoms with Crippen molar-refractivity contribution in [3.05, 3.63) is 66.9 Å². The Morgan fingerprint density at radius 2 is 1.83 bits per heavy atom. The average Bonchev–Trinajstić information content (AvgIpc) is 3.59. The number of anilines is 2. The predicted molar refractivity (Wildman–Crippen MR) is 163 cm³/mol. The molecule has 2 amide bonds. The zero-order chi connectivity index (χ0) is 29.7. The first-order valence-corrected chi connectivity index (χ1v) is 16.1. The summed E-state index contributed by atoms with van der Waals surface area (Å²) in [5.74, 6) is -0.816. The second-order valence-corrected chi connectivity index (χ2v) is 13.7. The molecule has 15 heteroatoms. The molecule has 3 heterocycles. The first-order chi connectivity index (χ1) is 19.5. The van der Waals surface area contributed by atoms with Crippen molar-refractivity contribution >= 4 is 79.5 Å². The van der Waals surface area contributed by atoms with Crippen molar-refractivity contribution in [3.63, 3.8) is 0 Å². The van der Waals surface area contributed by atoms with Gasteiger partial charge in [0, 0.05) is 37.4 Å². The summed E-state index contributed by atoms with van der Waals surface area (Å²) in [5, 5.41) is 7.71. The molecule has 2 N–H and O–H groups in total. The summed E-state index contributed by atoms with van der Waals surface area (Å²) in [6, 6.07) is 5.93. The van der Waals surface area contributed by atoms with Gasteiger partial charge in [-0.15, -0.1) is 11.3 Å². The first kappa shape index (κ1) is 31.5. The number of ether oxygens (including phenoxy) is 1. The maximum Gasteiger partial charge on any atom is 0.267 e. The van der Waals surface area contributed by atoms with E-state index in [-0.39, 0.29) is 50.0 Å². The summed E-state index contributed by atoms with van der Waals surface area (Å²) < 4.78 is 32.3. The lowest BCUT2D eigenvalue weighted by atomic mass is 10.1. The molecule has 1 aliphatic rings. The summed E-state index contributed by atoms with van der Waals surface area (Å²) in [5.41, 5.74) is 0.584. The molecule has 0 radical (unpaired) electrons. The second kappa shape index (κ2) is 13.7. The minimum atomic E-state index is -3.53. The molecule has 3 aromatic rings. The van der Waals surface area contributed by atoms with Crippen LogP contribution in [-0.2, 0) is 16.6 Å². The minimum absolute atomic E-state index is 0.00530. The van der Waals surface area contributed by atoms with E-state index >= 15 is 0 Å². The first-order valence-electron chi connectivity index (χ1n) is 12.5. The lowest BCUT2D eigenvalue weighted by Gasteiger charge is -2.20. The number of hydrogen-bond acceptors (Lipinski definition) is 8. The molecule has 0 saturated carbocycles. The summed E-state index contributed by atoms with van der Waals surface area (Å²) >= 11 is 19.7. The number of amides is 2. The summed E-state index contributed by atoms with van der Waals surface area (Å²) in [7, 11) is -0.660. The van der Waals surface area contributed by atoms with Crippen LogP contribution >= 0.6 is 46.1 Å². The number of carbonyl (C=O) groups is 2. The van der Waals surface area contributed by atoms with Gasteiger partial charge in [-0.2, -0.15) is 0 Å². The van der Waals surface area contributed by atoms with Gasteiger partial charge >= 0.3 is 0 Å². The third-order valence-electron chi connectivity index (χ3n) is 6.48. The Hall–Kier alpha value is -2.45. The van der Waals surface area contributed by atoms with Crippen molar-refractivity contribution in [2.24, 2.45) is 0 Å². The van der Waals surface area contributed by atoms with Crippen LogP contribution in [0.4, 0.5) is 11.5 Å². The Bertz CT molecular complexity index is 1530. The van der Waals surface area contributed by atoms with Gasteiger partial charge in [-0.3, -0.25) is 9.59 Å². The number of methoxy groups -OCH3 is 1. The van der Waals surface area contributed by atoms with Crippen molar-refractivity contribution in [2.75, 3.05) is 50.2 Å². The van der Waals surface area contributed by atoms with Crippen LogP contribution in [-0.4, -0.2) is 74.0 Å². The molecule has 41 heavy (non-hydrogen) atoms. The van der Waals surface area contributed by atoms with Crippen molar-refractivity contribution in [2.45, 2.75) is 19.4 Å². The third-order valence-corrected chi connectivity index (χ3v) is 10.3. The van der Waals surface area contributed by atoms with Crippen molar-refractivity contribution in [3.8, 4) is 5.75 Å². The summed E-state index contributed by atoms with van der Waals surface area (Å²) in [6.45, 7) is 2.31. The maximum absolute atomic E-state index is 13.3. The zero-order valence-corrected chi connectivity index (χ0v) is 26.1. The average molecular weight is 661 g/mol. The van der Waals surface area contributed by atoms with E-state index in [1.807, 2.05) is 0 Å². The zero-order valence-electron chi connectivity index (χ0n) is 22.2. The molecular formula is C26H28Cl3N5O5S2. The molecule has 1 saturated heterocycles. The highest BCUT2D eigenvalue weighted by atomic mass is 35.5. The number of thiophene rings is 1. The number of nitrogens with one attached hydrogen (secondary N) is 2. The maximum atomic E-state index is 13.3. The van der Waals surface area contributed by atoms with Crippen LogP contribution in [0.3, 0.4) is 0 Å². The molecule has 220 valence electrons. The SMILES string of the molecule is COc1cc(Cl)cc(C(=O)Nc2ccc(Cl)cn2)c1NC(=O)c1scc(CN(C)S(=O)(=O)CCN2CCCC2)c1Cl. The number of pyridine rings is 1. The highest BCUT2D eigenvalue weighted by molar-refractivity contribution is 7.89. The third kappa shape index (κ3) is 7.89. The van der Waals surface area contributed by atoms with Crippen LogP contribution in [0, 0.1) is 0 Å². The number of halogens is 3. The number of aromatic nitrogens is 1. The van der Waals surface area contributed by atoms with Crippen LogP contribution in [0.5, 0.6) is 5.75 Å². The van der Waals surface area contributed by atoms with Crippen molar-refractivity contribution < 1.29 is 22.7 Å². The topological polar surface area (TPSA) is 121 Å². The van der Waals surface area contributed by atoms with Crippen LogP contribution in [0.1, 0.15) is 38.4 Å². The van der Waals surface area contributed by atoms with E-state index in [0.717, 1.165) is 37.3 Å². The Labute approximate surface area is 257 Å². The number of sulfonamides is 1. The smallest absolute Gasteiger partial charge is 0.267 e. The fourth-order valence-electron chi connectivity index (χ4n) is 4.24. The molecule has 0 atom stereocenters. The fraction of sp³-hybridized carbons (Fsp3) is 0.346. The Balaban J connectivity index is 1.51. The molecule has 4 rings (SSSR count). The van der Waals surface area contributed by atoms with Crippen LogP contribution < -0.4 is 15.4 Å². The van der Waals surface area contributed by atoms with Gasteiger partial charge in [0.1, 0.15) is 16.4 Å². The molecule has 2 aromatic heterocycles. The van der Waals surface area contributed by atoms with Crippen LogP contribution in [0.25, 0.3) is 0 Å². The highest BCUT2D eigenvalue weighted by Crippen LogP contribution is 2.35. The molecule has 1 aromatic carbocycles. The van der Waals surface area contributed by atoms with E-state index in [1.54, 1.807) is 11.4 Å². The number of benzene rings is 1. The molecule has 1 aliphatic heterocycles. The van der Waals surface area contributed by atoms with Gasteiger partial charge in [0.05, 0.1) is 34.2 Å². The number of nitrogens with zero attached hydrogens (tertiary/aromatic N) is 3. The molecular weight excluding hydrogens is 633 g/mol. The van der Waals surface area contributed by atoms with Crippen LogP contribution in [0.15, 0.2) is 35.8 Å². The predicted octanol–water partition coefficient (Wildman–Crippen LogP) is 5.47. The summed E-state index contributed by atoms with van der Waals surface area (Å²) in [6.07, 6.45) is 3.54. The normalized spacial score (nSPS) is 13.9. The number of likely N-dealkylation sites (tertiary alicyclic amines) is 1. The van der Waals surface area contributed by atoms with Gasteiger partial charge in [-0.1, -0.05) is 34.8 Å². The number of rotatable bonds is 11. The molecule has 0 spiro atoms. The van der Waals surface area contributed by atoms with Gasteiger partial charge < -0.3 is 20.3 Å². The monoisotopic (exact) mass is 659 g/mol. The van der Waals surface area contributed by atoms with E-state index in [9.17, 15) is 18.0 Å². The van der Waals surface area contributed by atoms with E-state index < -0.39 is 21.8 Å². The Kier molecular flexibility index (Phi) is 10.5. The molecule has 0 unspecified atom stereocenters. The quantitative estimate of drug-likeness (QED) is 0.280. The van der Waals surface area contributed by atoms with Crippen molar-refractivity contribution in [1.82, 2.24) is 14.2 Å². The Morgan fingerprint density at radius 3 is 2.49 bits per heavy atom. The van der Waals surface area contributed by atoms with Crippen molar-refractivity contribution in [1.29, 1.82) is 0 Å². The fourth-order valence-corrected chi connectivity index (χ4v) is 6.94.